The molecule has 1 aromatic heterocycles. The van der Waals surface area contributed by atoms with Gasteiger partial charge in [0.15, 0.2) is 10.8 Å². The van der Waals surface area contributed by atoms with Gasteiger partial charge in [0.05, 0.1) is 0 Å². The summed E-state index contributed by atoms with van der Waals surface area (Å²) in [6, 6.07) is -0.875. The number of carbonyl (C=O) groups is 3. The molecule has 2 aliphatic rings. The molecule has 3 heterocycles. The molecule has 1 unspecified atom stereocenters. The van der Waals surface area contributed by atoms with E-state index in [-0.39, 0.29) is 28.8 Å². The van der Waals surface area contributed by atoms with Gasteiger partial charge in [0, 0.05) is 17.7 Å². The molecule has 0 saturated carbocycles. The highest BCUT2D eigenvalue weighted by molar-refractivity contribution is 8.00. The monoisotopic (exact) mass is 454 g/mol. The third kappa shape index (κ3) is 4.27. The van der Waals surface area contributed by atoms with Gasteiger partial charge in [-0.2, -0.15) is 0 Å². The van der Waals surface area contributed by atoms with Crippen molar-refractivity contribution in [3.8, 4) is 0 Å². The summed E-state index contributed by atoms with van der Waals surface area (Å²) < 4.78 is 0. The first-order chi connectivity index (χ1) is 14.4. The number of rotatable bonds is 9. The lowest BCUT2D eigenvalue weighted by Crippen LogP contribution is -2.71. The van der Waals surface area contributed by atoms with Crippen LogP contribution in [0, 0.1) is 0 Å². The number of hydrogen-bond donors (Lipinski definition) is 4. The number of aromatic nitrogens is 1. The highest BCUT2D eigenvalue weighted by Gasteiger charge is 2.54. The molecule has 1 saturated heterocycles. The lowest BCUT2D eigenvalue weighted by atomic mass is 10.0. The number of likely N-dealkylation sites (N-methyl/N-ethyl adjacent to an activating group) is 1. The Hall–Kier alpha value is -2.64. The molecule has 162 valence electrons. The fraction of sp³-hybridized carbons (Fsp3) is 0.471. The number of fused-ring (bicyclic) bond motifs is 1. The zero-order valence-electron chi connectivity index (χ0n) is 16.4. The number of anilines is 1. The summed E-state index contributed by atoms with van der Waals surface area (Å²) in [5, 5.41) is 20.5. The lowest BCUT2D eigenvalue weighted by molar-refractivity contribution is -0.150. The van der Waals surface area contributed by atoms with E-state index in [0.29, 0.717) is 24.4 Å². The average Bonchev–Trinajstić information content (AvgIpc) is 3.15. The molecule has 2 aliphatic heterocycles. The molecule has 3 rings (SSSR count). The highest BCUT2D eigenvalue weighted by atomic mass is 32.2. The van der Waals surface area contributed by atoms with Gasteiger partial charge in [-0.3, -0.25) is 14.5 Å². The van der Waals surface area contributed by atoms with Gasteiger partial charge in [0.25, 0.3) is 11.8 Å². The van der Waals surface area contributed by atoms with Crippen molar-refractivity contribution in [1.82, 2.24) is 20.5 Å². The number of nitrogens with two attached hydrogens (primary N) is 1. The number of amides is 2. The fourth-order valence-electron chi connectivity index (χ4n) is 3.03. The second-order valence-electron chi connectivity index (χ2n) is 6.33. The van der Waals surface area contributed by atoms with Gasteiger partial charge in [-0.1, -0.05) is 12.1 Å². The summed E-state index contributed by atoms with van der Waals surface area (Å²) in [4.78, 5) is 47.6. The molecule has 1 aromatic rings. The zero-order valence-corrected chi connectivity index (χ0v) is 18.0. The van der Waals surface area contributed by atoms with Crippen molar-refractivity contribution in [2.75, 3.05) is 31.2 Å². The van der Waals surface area contributed by atoms with Gasteiger partial charge in [-0.05, 0) is 19.0 Å². The van der Waals surface area contributed by atoms with Crippen molar-refractivity contribution in [3.05, 3.63) is 22.3 Å². The van der Waals surface area contributed by atoms with Crippen LogP contribution in [0.1, 0.15) is 19.5 Å². The lowest BCUT2D eigenvalue weighted by Gasteiger charge is -2.49. The first-order valence-electron chi connectivity index (χ1n) is 9.21. The third-order valence-corrected chi connectivity index (χ3v) is 6.40. The molecular weight excluding hydrogens is 432 g/mol. The van der Waals surface area contributed by atoms with Crippen LogP contribution in [-0.4, -0.2) is 75.4 Å². The van der Waals surface area contributed by atoms with Crippen LogP contribution < -0.4 is 16.4 Å². The highest BCUT2D eigenvalue weighted by Crippen LogP contribution is 2.40. The third-order valence-electron chi connectivity index (χ3n) is 4.39. The van der Waals surface area contributed by atoms with Gasteiger partial charge in [-0.25, -0.2) is 9.78 Å². The van der Waals surface area contributed by atoms with Crippen LogP contribution in [-0.2, 0) is 19.2 Å². The van der Waals surface area contributed by atoms with Gasteiger partial charge in [-0.15, -0.1) is 23.1 Å². The summed E-state index contributed by atoms with van der Waals surface area (Å²) in [6.07, 6.45) is 0. The summed E-state index contributed by atoms with van der Waals surface area (Å²) in [6.45, 7) is 4.93. The Bertz CT molecular complexity index is 914. The van der Waals surface area contributed by atoms with Crippen LogP contribution in [0.4, 0.5) is 5.13 Å². The van der Waals surface area contributed by atoms with E-state index in [2.05, 4.69) is 20.8 Å². The van der Waals surface area contributed by atoms with Crippen LogP contribution in [0.3, 0.4) is 0 Å². The number of nitrogens with zero attached hydrogens (tertiary/aromatic N) is 3. The Morgan fingerprint density at radius 2 is 2.23 bits per heavy atom. The second kappa shape index (κ2) is 9.45. The summed E-state index contributed by atoms with van der Waals surface area (Å²) in [5.74, 6) is -1.85. The molecule has 2 amide bonds. The normalized spacial score (nSPS) is 21.2. The number of thiazole rings is 1. The molecular formula is C17H22N6O5S2. The van der Waals surface area contributed by atoms with E-state index < -0.39 is 29.2 Å². The van der Waals surface area contributed by atoms with Crippen molar-refractivity contribution >= 4 is 51.7 Å². The van der Waals surface area contributed by atoms with Crippen LogP contribution in [0.5, 0.6) is 0 Å². The van der Waals surface area contributed by atoms with Crippen LogP contribution in [0.2, 0.25) is 0 Å². The smallest absolute Gasteiger partial charge is 0.352 e. The quantitative estimate of drug-likeness (QED) is 0.225. The minimum absolute atomic E-state index is 0.0225. The molecule has 0 bridgehead atoms. The number of carbonyl (C=O) groups excluding carboxylic acids is 2. The number of nitrogen functional groups attached to an aromatic ring is 1. The van der Waals surface area contributed by atoms with E-state index in [9.17, 15) is 19.5 Å². The van der Waals surface area contributed by atoms with Crippen LogP contribution >= 0.6 is 23.1 Å². The number of hydrogen-bond acceptors (Lipinski definition) is 10. The Kier molecular flexibility index (Phi) is 6.95. The van der Waals surface area contributed by atoms with E-state index in [1.165, 1.54) is 16.7 Å². The standard InChI is InChI=1S/C17H22N6O5S2/c1-3-19-5-8-6-29-15-11(14(25)23(15)12(8)16(26)27)21-13(24)10(22-28-4-2)9-7-30-17(18)20-9/h7,11,15,19H,3-6H2,1-2H3,(H2,18,20)(H,21,24)(H,26,27)/t11?,15-/m0/s1. The largest absolute Gasteiger partial charge is 0.477 e. The minimum Gasteiger partial charge on any atom is -0.477 e. The Balaban J connectivity index is 1.77. The summed E-state index contributed by atoms with van der Waals surface area (Å²) >= 11 is 2.55. The van der Waals surface area contributed by atoms with Crippen LogP contribution in [0.25, 0.3) is 0 Å². The van der Waals surface area contributed by atoms with Crippen LogP contribution in [0.15, 0.2) is 21.8 Å². The molecule has 11 nitrogen and oxygen atoms in total. The number of oxime groups is 1. The van der Waals surface area contributed by atoms with Crippen molar-refractivity contribution in [2.45, 2.75) is 25.3 Å². The molecule has 0 radical (unpaired) electrons. The predicted octanol–water partition coefficient (Wildman–Crippen LogP) is -0.186. The van der Waals surface area contributed by atoms with Crippen molar-refractivity contribution in [3.63, 3.8) is 0 Å². The fourth-order valence-corrected chi connectivity index (χ4v) is 4.93. The molecule has 30 heavy (non-hydrogen) atoms. The molecule has 0 aliphatic carbocycles. The maximum Gasteiger partial charge on any atom is 0.352 e. The molecule has 0 spiro atoms. The van der Waals surface area contributed by atoms with E-state index in [4.69, 9.17) is 10.6 Å². The molecule has 2 atom stereocenters. The van der Waals surface area contributed by atoms with E-state index in [1.54, 1.807) is 12.3 Å². The number of carboxylic acids is 1. The van der Waals surface area contributed by atoms with Crippen molar-refractivity contribution < 1.29 is 24.3 Å². The van der Waals surface area contributed by atoms with E-state index >= 15 is 0 Å². The van der Waals surface area contributed by atoms with E-state index in [1.807, 2.05) is 6.92 Å². The zero-order chi connectivity index (χ0) is 21.8. The second-order valence-corrected chi connectivity index (χ2v) is 8.32. The number of carboxylic acid groups (broad SMARTS) is 1. The minimum atomic E-state index is -1.16. The summed E-state index contributed by atoms with van der Waals surface area (Å²) in [7, 11) is 0. The topological polar surface area (TPSA) is 159 Å². The first-order valence-corrected chi connectivity index (χ1v) is 11.1. The molecule has 5 N–H and O–H groups in total. The SMILES string of the molecule is CCNCC1=C(C(=O)O)N2C(=O)C(NC(=O)C(=NOCC)c3csc(N)n3)[C@@H]2SC1. The maximum atomic E-state index is 12.8. The average molecular weight is 455 g/mol. The Morgan fingerprint density at radius 1 is 1.47 bits per heavy atom. The maximum absolute atomic E-state index is 12.8. The molecule has 1 fully saturated rings. The number of β-lactam (4-membered cyclic amide) rings is 1. The van der Waals surface area contributed by atoms with Gasteiger partial charge >= 0.3 is 5.97 Å². The Labute approximate surface area is 180 Å². The van der Waals surface area contributed by atoms with Crippen molar-refractivity contribution in [1.29, 1.82) is 0 Å². The van der Waals surface area contributed by atoms with Crippen molar-refractivity contribution in [2.24, 2.45) is 5.16 Å². The number of thioether (sulfide) groups is 1. The van der Waals surface area contributed by atoms with Gasteiger partial charge in [0.1, 0.15) is 29.4 Å². The van der Waals surface area contributed by atoms with E-state index in [0.717, 1.165) is 11.3 Å². The first kappa shape index (κ1) is 22.1. The van der Waals surface area contributed by atoms with Gasteiger partial charge in [0.2, 0.25) is 0 Å². The van der Waals surface area contributed by atoms with Gasteiger partial charge < -0.3 is 26.3 Å². The predicted molar refractivity (Wildman–Crippen MR) is 113 cm³/mol. The Morgan fingerprint density at radius 3 is 2.83 bits per heavy atom. The molecule has 0 aromatic carbocycles. The molecule has 13 heteroatoms. The number of nitrogens with one attached hydrogen (secondary N) is 2. The number of aliphatic carboxylic acids is 1. The summed E-state index contributed by atoms with van der Waals surface area (Å²) in [5.41, 5.74) is 6.39.